The molecule has 0 aliphatic carbocycles. The first-order valence-corrected chi connectivity index (χ1v) is 13.1. The summed E-state index contributed by atoms with van der Waals surface area (Å²) in [4.78, 5) is 4.33. The lowest BCUT2D eigenvalue weighted by Gasteiger charge is -2.17. The van der Waals surface area contributed by atoms with Crippen molar-refractivity contribution in [2.24, 2.45) is 10.9 Å². The number of phenols is 1. The Kier molecular flexibility index (Phi) is 10.7. The SMILES string of the molecule is CCCCC1C=C[C-](CCc2ccc(O)c(OC[C@H](O)C3=C[C+]([C@H](C)CC[C@H](O)[C@H](C)O)C=N3)c2)[OH+]1. The smallest absolute Gasteiger partial charge is 0.207 e. The summed E-state index contributed by atoms with van der Waals surface area (Å²) < 4.78 is 10.5. The third-order valence-corrected chi connectivity index (χ3v) is 6.83. The van der Waals surface area contributed by atoms with E-state index >= 15 is 0 Å². The zero-order valence-corrected chi connectivity index (χ0v) is 21.7. The quantitative estimate of drug-likeness (QED) is 0.215. The van der Waals surface area contributed by atoms with Gasteiger partial charge in [-0.05, 0) is 63.6 Å². The molecule has 5 N–H and O–H groups in total. The van der Waals surface area contributed by atoms with Crippen LogP contribution in [-0.2, 0) is 6.42 Å². The number of ether oxygens (including phenoxy) is 2. The highest BCUT2D eigenvalue weighted by atomic mass is 16.5. The predicted molar refractivity (Wildman–Crippen MR) is 142 cm³/mol. The van der Waals surface area contributed by atoms with Crippen molar-refractivity contribution >= 4 is 6.21 Å². The van der Waals surface area contributed by atoms with E-state index in [1.54, 1.807) is 19.2 Å². The summed E-state index contributed by atoms with van der Waals surface area (Å²) in [5.74, 6) is 1.47. The molecule has 7 heteroatoms. The van der Waals surface area contributed by atoms with Crippen LogP contribution < -0.4 is 4.74 Å². The van der Waals surface area contributed by atoms with E-state index in [0.29, 0.717) is 30.4 Å². The van der Waals surface area contributed by atoms with Crippen molar-refractivity contribution < 1.29 is 29.9 Å². The van der Waals surface area contributed by atoms with Gasteiger partial charge in [-0.1, -0.05) is 19.4 Å². The van der Waals surface area contributed by atoms with Crippen LogP contribution >= 0.6 is 0 Å². The second-order valence-electron chi connectivity index (χ2n) is 9.93. The number of nitrogens with zero attached hydrogens (tertiary/aromatic N) is 1. The highest BCUT2D eigenvalue weighted by Crippen LogP contribution is 2.31. The van der Waals surface area contributed by atoms with Gasteiger partial charge in [0, 0.05) is 12.3 Å². The average molecular weight is 501 g/mol. The minimum absolute atomic E-state index is 0.0306. The normalized spacial score (nSPS) is 20.5. The molecule has 0 bridgehead atoms. The molecule has 198 valence electrons. The summed E-state index contributed by atoms with van der Waals surface area (Å²) in [5.41, 5.74) is 1.54. The first kappa shape index (κ1) is 28.1. The number of aliphatic imine (C=N–C) groups is 1. The Hall–Kier alpha value is -2.45. The molecule has 2 aliphatic rings. The molecule has 2 heterocycles. The van der Waals surface area contributed by atoms with E-state index in [-0.39, 0.29) is 18.3 Å². The highest BCUT2D eigenvalue weighted by molar-refractivity contribution is 5.83. The number of aliphatic hydroxyl groups is 5. The van der Waals surface area contributed by atoms with Crippen LogP contribution in [-0.4, -0.2) is 62.4 Å². The van der Waals surface area contributed by atoms with Gasteiger partial charge in [0.15, 0.2) is 17.6 Å². The van der Waals surface area contributed by atoms with Crippen molar-refractivity contribution in [3.8, 4) is 11.5 Å². The Morgan fingerprint density at radius 1 is 1.19 bits per heavy atom. The summed E-state index contributed by atoms with van der Waals surface area (Å²) in [5, 5.41) is 40.1. The second-order valence-corrected chi connectivity index (χ2v) is 9.93. The molecule has 1 unspecified atom stereocenters. The van der Waals surface area contributed by atoms with Gasteiger partial charge in [-0.2, -0.15) is 0 Å². The fourth-order valence-corrected chi connectivity index (χ4v) is 4.27. The lowest BCUT2D eigenvalue weighted by atomic mass is 9.89. The van der Waals surface area contributed by atoms with Crippen molar-refractivity contribution in [1.29, 1.82) is 0 Å². The Morgan fingerprint density at radius 2 is 2.00 bits per heavy atom. The number of aryl methyl sites for hydroxylation is 1. The molecule has 36 heavy (non-hydrogen) atoms. The van der Waals surface area contributed by atoms with Crippen molar-refractivity contribution in [2.45, 2.75) is 90.1 Å². The summed E-state index contributed by atoms with van der Waals surface area (Å²) in [7, 11) is 0. The van der Waals surface area contributed by atoms with Gasteiger partial charge in [-0.25, -0.2) is 0 Å². The molecule has 0 saturated carbocycles. The van der Waals surface area contributed by atoms with Crippen LogP contribution in [0.25, 0.3) is 0 Å². The topological polar surface area (TPSA) is 115 Å². The predicted octanol–water partition coefficient (Wildman–Crippen LogP) is 3.95. The van der Waals surface area contributed by atoms with Crippen LogP contribution in [0.2, 0.25) is 0 Å². The third-order valence-electron chi connectivity index (χ3n) is 6.83. The molecule has 1 aromatic carbocycles. The summed E-state index contributed by atoms with van der Waals surface area (Å²) in [6.07, 6.45) is 13.1. The van der Waals surface area contributed by atoms with Crippen LogP contribution in [0.4, 0.5) is 0 Å². The number of unbranched alkanes of at least 4 members (excludes halogenated alkanes) is 1. The van der Waals surface area contributed by atoms with Crippen molar-refractivity contribution in [3.63, 3.8) is 0 Å². The number of rotatable bonds is 15. The van der Waals surface area contributed by atoms with Gasteiger partial charge in [0.2, 0.25) is 5.70 Å². The number of aliphatic hydroxyl groups excluding tert-OH is 3. The van der Waals surface area contributed by atoms with Crippen LogP contribution in [0, 0.1) is 17.9 Å². The van der Waals surface area contributed by atoms with E-state index in [1.807, 2.05) is 25.1 Å². The monoisotopic (exact) mass is 500 g/mol. The molecule has 0 radical (unpaired) electrons. The molecule has 1 aromatic rings. The fourth-order valence-electron chi connectivity index (χ4n) is 4.27. The van der Waals surface area contributed by atoms with Crippen LogP contribution in [0.3, 0.4) is 0 Å². The van der Waals surface area contributed by atoms with E-state index in [1.165, 1.54) is 12.8 Å². The molecule has 2 aliphatic heterocycles. The van der Waals surface area contributed by atoms with E-state index in [4.69, 9.17) is 9.47 Å². The lowest BCUT2D eigenvalue weighted by Crippen LogP contribution is -2.23. The summed E-state index contributed by atoms with van der Waals surface area (Å²) in [6.45, 7) is 5.76. The van der Waals surface area contributed by atoms with Gasteiger partial charge in [-0.3, -0.25) is 0 Å². The number of phenolic OH excluding ortho intramolecular Hbond substituents is 1. The van der Waals surface area contributed by atoms with E-state index in [2.05, 4.69) is 24.1 Å². The number of aromatic hydroxyl groups is 1. The Labute approximate surface area is 215 Å². The maximum absolute atomic E-state index is 10.6. The van der Waals surface area contributed by atoms with Crippen LogP contribution in [0.5, 0.6) is 11.5 Å². The molecule has 5 atom stereocenters. The van der Waals surface area contributed by atoms with E-state index < -0.39 is 18.3 Å². The zero-order chi connectivity index (χ0) is 26.1. The van der Waals surface area contributed by atoms with Crippen LogP contribution in [0.1, 0.15) is 64.9 Å². The second kappa shape index (κ2) is 13.7. The maximum Gasteiger partial charge on any atom is 0.207 e. The molecular formula is C29H42NO6+. The molecule has 0 aromatic heterocycles. The number of hydrogen-bond donors (Lipinski definition) is 4. The molecular weight excluding hydrogens is 458 g/mol. The minimum atomic E-state index is -0.935. The maximum atomic E-state index is 10.6. The van der Waals surface area contributed by atoms with Gasteiger partial charge in [0.05, 0.1) is 18.3 Å². The molecule has 0 amide bonds. The standard InChI is InChI=1S/C29H41NO6/c1-4-5-6-23-11-12-24(36-23)10-8-21-9-14-27(33)29(15-21)35-18-28(34)25-16-22(17-30-25)19(2)7-13-26(32)20(3)31/h9,11-12,14-17,19-20,23,26,28,31-32,34,36H,4-8,10,13,18H2,1-3H3/p+1/t19-,20+,23?,26+,28+/m1/s1. The largest absolute Gasteiger partial charge is 0.504 e. The van der Waals surface area contributed by atoms with Crippen molar-refractivity contribution in [2.75, 3.05) is 6.61 Å². The molecule has 3 rings (SSSR count). The molecule has 0 fully saturated rings. The fraction of sp³-hybridized carbons (Fsp3) is 0.552. The first-order chi connectivity index (χ1) is 17.3. The van der Waals surface area contributed by atoms with Gasteiger partial charge in [0.25, 0.3) is 0 Å². The number of hydrogen-bond acceptors (Lipinski definition) is 6. The molecule has 0 spiro atoms. The Morgan fingerprint density at radius 3 is 2.75 bits per heavy atom. The van der Waals surface area contributed by atoms with Crippen LogP contribution in [0.15, 0.2) is 47.1 Å². The van der Waals surface area contributed by atoms with Crippen molar-refractivity contribution in [1.82, 2.24) is 0 Å². The summed E-state index contributed by atoms with van der Waals surface area (Å²) >= 11 is 0. The van der Waals surface area contributed by atoms with Gasteiger partial charge >= 0.3 is 0 Å². The van der Waals surface area contributed by atoms with E-state index in [0.717, 1.165) is 36.8 Å². The third kappa shape index (κ3) is 8.30. The Bertz CT molecular complexity index is 911. The van der Waals surface area contributed by atoms with E-state index in [9.17, 15) is 20.4 Å². The first-order valence-electron chi connectivity index (χ1n) is 13.1. The van der Waals surface area contributed by atoms with Crippen molar-refractivity contribution in [3.05, 3.63) is 59.7 Å². The lowest BCUT2D eigenvalue weighted by molar-refractivity contribution is -0.0480. The Balaban J connectivity index is 1.46. The molecule has 0 saturated heterocycles. The van der Waals surface area contributed by atoms with Gasteiger partial charge < -0.3 is 29.9 Å². The number of benzene rings is 1. The van der Waals surface area contributed by atoms with Gasteiger partial charge in [0.1, 0.15) is 30.9 Å². The van der Waals surface area contributed by atoms with Gasteiger partial charge in [-0.15, -0.1) is 17.1 Å². The molecule has 7 nitrogen and oxygen atoms in total. The average Bonchev–Trinajstić information content (AvgIpc) is 3.54. The number of allylic oxidation sites excluding steroid dienone is 1. The zero-order valence-electron chi connectivity index (χ0n) is 21.7. The highest BCUT2D eigenvalue weighted by Gasteiger charge is 2.32. The summed E-state index contributed by atoms with van der Waals surface area (Å²) in [6, 6.07) is 5.32. The minimum Gasteiger partial charge on any atom is -0.504 e.